The van der Waals surface area contributed by atoms with Crippen LogP contribution in [0.15, 0.2) is 18.2 Å². The number of hydrazine groups is 1. The van der Waals surface area contributed by atoms with Gasteiger partial charge in [0, 0.05) is 26.2 Å². The largest absolute Gasteiger partial charge is 1.00 e. The average molecular weight is 239 g/mol. The van der Waals surface area contributed by atoms with Crippen molar-refractivity contribution in [1.82, 2.24) is 15.2 Å². The van der Waals surface area contributed by atoms with Gasteiger partial charge in [-0.05, 0) is 5.52 Å². The molecule has 3 rings (SSSR count). The van der Waals surface area contributed by atoms with E-state index in [0.29, 0.717) is 0 Å². The van der Waals surface area contributed by atoms with Gasteiger partial charge in [0.2, 0.25) is 0 Å². The van der Waals surface area contributed by atoms with Crippen LogP contribution in [0.3, 0.4) is 0 Å². The second kappa shape index (κ2) is 5.37. The summed E-state index contributed by atoms with van der Waals surface area (Å²) in [5.41, 5.74) is 0.965. The standard InChI is InChI=1S/C11H14N5.Na/c12-16-7-5-15(6-8-16)11-9-3-1-2-4-10(9)13-14-11;/h1-3H,5-8,12H2,(H,13,14);/q-1;+1. The number of benzene rings is 1. The SMILES string of the molecule is NN1CCN(c2n[nH]c3[c-]cccc23)CC1.[Na+]. The number of anilines is 1. The summed E-state index contributed by atoms with van der Waals surface area (Å²) in [5, 5.41) is 10.3. The Labute approximate surface area is 122 Å². The van der Waals surface area contributed by atoms with Crippen molar-refractivity contribution in [2.24, 2.45) is 5.84 Å². The van der Waals surface area contributed by atoms with Crippen molar-refractivity contribution < 1.29 is 29.6 Å². The Morgan fingerprint density at radius 2 is 2.06 bits per heavy atom. The number of nitrogens with one attached hydrogen (secondary N) is 1. The molecule has 2 aromatic rings. The second-order valence-electron chi connectivity index (χ2n) is 4.03. The molecule has 0 unspecified atom stereocenters. The minimum Gasteiger partial charge on any atom is -0.362 e. The van der Waals surface area contributed by atoms with E-state index in [4.69, 9.17) is 5.84 Å². The van der Waals surface area contributed by atoms with Crippen molar-refractivity contribution >= 4 is 16.7 Å². The van der Waals surface area contributed by atoms with Crippen LogP contribution in [0.2, 0.25) is 0 Å². The van der Waals surface area contributed by atoms with Gasteiger partial charge in [-0.2, -0.15) is 29.4 Å². The molecule has 0 aliphatic carbocycles. The van der Waals surface area contributed by atoms with E-state index in [9.17, 15) is 0 Å². The van der Waals surface area contributed by atoms with Crippen molar-refractivity contribution in [2.75, 3.05) is 31.1 Å². The number of fused-ring (bicyclic) bond motifs is 1. The zero-order chi connectivity index (χ0) is 11.0. The van der Waals surface area contributed by atoms with Gasteiger partial charge in [-0.1, -0.05) is 5.39 Å². The van der Waals surface area contributed by atoms with Crippen LogP contribution in [0.1, 0.15) is 0 Å². The summed E-state index contributed by atoms with van der Waals surface area (Å²) in [6, 6.07) is 9.09. The Morgan fingerprint density at radius 3 is 2.82 bits per heavy atom. The van der Waals surface area contributed by atoms with Gasteiger partial charge < -0.3 is 10.00 Å². The molecule has 1 aliphatic heterocycles. The fraction of sp³-hybridized carbons (Fsp3) is 0.364. The van der Waals surface area contributed by atoms with Crippen LogP contribution in [0.5, 0.6) is 0 Å². The van der Waals surface area contributed by atoms with Gasteiger partial charge in [-0.3, -0.25) is 5.84 Å². The van der Waals surface area contributed by atoms with E-state index in [-0.39, 0.29) is 29.6 Å². The number of hydrogen-bond donors (Lipinski definition) is 2. The molecule has 0 bridgehead atoms. The maximum absolute atomic E-state index is 5.74. The van der Waals surface area contributed by atoms with Crippen molar-refractivity contribution in [3.8, 4) is 0 Å². The molecule has 1 fully saturated rings. The van der Waals surface area contributed by atoms with Gasteiger partial charge in [-0.15, -0.1) is 0 Å². The molecule has 0 amide bonds. The number of para-hydroxylation sites is 1. The van der Waals surface area contributed by atoms with Crippen molar-refractivity contribution in [1.29, 1.82) is 0 Å². The molecule has 1 aromatic carbocycles. The molecule has 5 nitrogen and oxygen atoms in total. The number of nitrogens with two attached hydrogens (primary N) is 1. The smallest absolute Gasteiger partial charge is 0.362 e. The second-order valence-corrected chi connectivity index (χ2v) is 4.03. The van der Waals surface area contributed by atoms with Crippen molar-refractivity contribution in [3.05, 3.63) is 24.3 Å². The first kappa shape index (κ1) is 12.9. The van der Waals surface area contributed by atoms with E-state index in [2.05, 4.69) is 27.2 Å². The molecule has 3 N–H and O–H groups in total. The Balaban J connectivity index is 0.00000108. The molecule has 0 spiro atoms. The summed E-state index contributed by atoms with van der Waals surface area (Å²) in [7, 11) is 0. The average Bonchev–Trinajstić information content (AvgIpc) is 2.74. The van der Waals surface area contributed by atoms with E-state index in [1.54, 1.807) is 0 Å². The first-order chi connectivity index (χ1) is 7.84. The number of hydrogen-bond acceptors (Lipinski definition) is 4. The fourth-order valence-corrected chi connectivity index (χ4v) is 2.06. The summed E-state index contributed by atoms with van der Waals surface area (Å²) < 4.78 is 0. The Kier molecular flexibility index (Phi) is 4.06. The summed E-state index contributed by atoms with van der Waals surface area (Å²) in [6.07, 6.45) is 0. The number of aromatic amines is 1. The fourth-order valence-electron chi connectivity index (χ4n) is 2.06. The summed E-state index contributed by atoms with van der Waals surface area (Å²) in [5.74, 6) is 6.75. The minimum absolute atomic E-state index is 0. The maximum Gasteiger partial charge on any atom is 1.00 e. The topological polar surface area (TPSA) is 61.2 Å². The van der Waals surface area contributed by atoms with E-state index < -0.39 is 0 Å². The van der Waals surface area contributed by atoms with Gasteiger partial charge in [0.25, 0.3) is 0 Å². The normalized spacial score (nSPS) is 17.1. The molecular weight excluding hydrogens is 225 g/mol. The number of nitrogens with zero attached hydrogens (tertiary/aromatic N) is 3. The number of rotatable bonds is 1. The Morgan fingerprint density at radius 1 is 1.29 bits per heavy atom. The van der Waals surface area contributed by atoms with Crippen LogP contribution in [0, 0.1) is 6.07 Å². The van der Waals surface area contributed by atoms with Crippen LogP contribution in [0.4, 0.5) is 5.82 Å². The summed E-state index contributed by atoms with van der Waals surface area (Å²) >= 11 is 0. The molecule has 1 saturated heterocycles. The van der Waals surface area contributed by atoms with Gasteiger partial charge >= 0.3 is 29.6 Å². The molecule has 0 atom stereocenters. The van der Waals surface area contributed by atoms with Gasteiger partial charge in [0.1, 0.15) is 5.82 Å². The van der Waals surface area contributed by atoms with Gasteiger partial charge in [-0.25, -0.2) is 5.01 Å². The van der Waals surface area contributed by atoms with E-state index in [1.807, 2.05) is 17.1 Å². The van der Waals surface area contributed by atoms with Crippen LogP contribution in [-0.4, -0.2) is 41.4 Å². The van der Waals surface area contributed by atoms with E-state index in [1.165, 1.54) is 0 Å². The monoisotopic (exact) mass is 239 g/mol. The summed E-state index contributed by atoms with van der Waals surface area (Å²) in [4.78, 5) is 2.26. The van der Waals surface area contributed by atoms with Gasteiger partial charge in [0.05, 0.1) is 0 Å². The Bertz CT molecular complexity index is 489. The molecule has 1 aliphatic rings. The minimum atomic E-state index is 0. The number of H-pyrrole nitrogens is 1. The van der Waals surface area contributed by atoms with Crippen LogP contribution < -0.4 is 40.3 Å². The third-order valence-electron chi connectivity index (χ3n) is 2.98. The predicted molar refractivity (Wildman–Crippen MR) is 62.9 cm³/mol. The molecule has 0 radical (unpaired) electrons. The van der Waals surface area contributed by atoms with Crippen LogP contribution in [0.25, 0.3) is 10.9 Å². The number of piperazine rings is 1. The first-order valence-electron chi connectivity index (χ1n) is 5.44. The van der Waals surface area contributed by atoms with Gasteiger partial charge in [0.15, 0.2) is 0 Å². The summed E-state index contributed by atoms with van der Waals surface area (Å²) in [6.45, 7) is 3.60. The quantitative estimate of drug-likeness (QED) is 0.324. The predicted octanol–water partition coefficient (Wildman–Crippen LogP) is -2.64. The maximum atomic E-state index is 5.74. The number of aromatic nitrogens is 2. The molecule has 2 heterocycles. The molecule has 6 heteroatoms. The van der Waals surface area contributed by atoms with E-state index >= 15 is 0 Å². The molecular formula is C11H14N5Na. The Hall–Kier alpha value is -0.590. The molecule has 1 aromatic heterocycles. The molecule has 84 valence electrons. The van der Waals surface area contributed by atoms with E-state index in [0.717, 1.165) is 42.9 Å². The van der Waals surface area contributed by atoms with Crippen molar-refractivity contribution in [2.45, 2.75) is 0 Å². The molecule has 0 saturated carbocycles. The zero-order valence-electron chi connectivity index (χ0n) is 9.98. The zero-order valence-corrected chi connectivity index (χ0v) is 12.0. The molecule has 17 heavy (non-hydrogen) atoms. The third-order valence-corrected chi connectivity index (χ3v) is 2.98. The van der Waals surface area contributed by atoms with Crippen LogP contribution in [-0.2, 0) is 0 Å². The first-order valence-corrected chi connectivity index (χ1v) is 5.44. The van der Waals surface area contributed by atoms with Crippen LogP contribution >= 0.6 is 0 Å². The third kappa shape index (κ3) is 2.48. The van der Waals surface area contributed by atoms with Crippen molar-refractivity contribution in [3.63, 3.8) is 0 Å².